The molecule has 0 saturated carbocycles. The van der Waals surface area contributed by atoms with Gasteiger partial charge in [-0.05, 0) is 60.0 Å². The average Bonchev–Trinajstić information content (AvgIpc) is 3.78. The quantitative estimate of drug-likeness (QED) is 0.178. The summed E-state index contributed by atoms with van der Waals surface area (Å²) in [5.41, 5.74) is 8.84. The highest BCUT2D eigenvalue weighted by Gasteiger charge is 2.20. The van der Waals surface area contributed by atoms with Gasteiger partial charge >= 0.3 is 0 Å². The number of rotatable bonds is 1. The number of para-hydroxylation sites is 4. The normalized spacial score (nSPS) is 12.4. The SMILES string of the molecule is c1ccc2c(c1)nc1c3ccc(-n4c5ccccc5c5cnc6c(ccc7c8ccccc8sc76)c54)cc3c3ccccc3n21. The Bertz CT molecular complexity index is 3050. The lowest BCUT2D eigenvalue weighted by Crippen LogP contribution is -1.97. The van der Waals surface area contributed by atoms with Crippen molar-refractivity contribution in [3.63, 3.8) is 0 Å². The number of imidazole rings is 1. The summed E-state index contributed by atoms with van der Waals surface area (Å²) in [6, 6.07) is 45.9. The van der Waals surface area contributed by atoms with E-state index in [-0.39, 0.29) is 0 Å². The molecule has 6 aromatic carbocycles. The molecule has 5 aromatic heterocycles. The van der Waals surface area contributed by atoms with Crippen LogP contribution >= 0.6 is 11.3 Å². The smallest absolute Gasteiger partial charge is 0.146 e. The number of aromatic nitrogens is 4. The second-order valence-electron chi connectivity index (χ2n) is 11.8. The largest absolute Gasteiger partial charge is 0.308 e. The molecule has 0 unspecified atom stereocenters. The maximum absolute atomic E-state index is 5.12. The van der Waals surface area contributed by atoms with E-state index in [0.717, 1.165) is 38.8 Å². The summed E-state index contributed by atoms with van der Waals surface area (Å²) in [5, 5.41) is 9.66. The van der Waals surface area contributed by atoms with Crippen molar-refractivity contribution in [2.45, 2.75) is 0 Å². The van der Waals surface area contributed by atoms with Gasteiger partial charge in [0.1, 0.15) is 5.65 Å². The Hall–Kier alpha value is -5.78. The molecule has 0 spiro atoms. The van der Waals surface area contributed by atoms with E-state index >= 15 is 0 Å². The lowest BCUT2D eigenvalue weighted by atomic mass is 10.0. The van der Waals surface area contributed by atoms with Gasteiger partial charge < -0.3 is 4.57 Å². The predicted octanol–water partition coefficient (Wildman–Crippen LogP) is 10.8. The number of benzene rings is 6. The van der Waals surface area contributed by atoms with Gasteiger partial charge in [0.05, 0.1) is 37.8 Å². The highest BCUT2D eigenvalue weighted by atomic mass is 32.1. The first kappa shape index (κ1) is 23.6. The van der Waals surface area contributed by atoms with E-state index in [1.807, 2.05) is 11.3 Å². The van der Waals surface area contributed by atoms with Gasteiger partial charge in [-0.2, -0.15) is 0 Å². The molecule has 0 radical (unpaired) electrons. The third-order valence-electron chi connectivity index (χ3n) is 9.51. The summed E-state index contributed by atoms with van der Waals surface area (Å²) in [6.45, 7) is 0. The maximum Gasteiger partial charge on any atom is 0.146 e. The van der Waals surface area contributed by atoms with Crippen molar-refractivity contribution in [3.8, 4) is 5.69 Å². The molecule has 0 amide bonds. The molecule has 0 fully saturated rings. The molecule has 0 aliphatic carbocycles. The van der Waals surface area contributed by atoms with E-state index in [0.29, 0.717) is 0 Å². The van der Waals surface area contributed by atoms with E-state index in [1.165, 1.54) is 58.1 Å². The first-order valence-electron chi connectivity index (χ1n) is 15.2. The lowest BCUT2D eigenvalue weighted by molar-refractivity contribution is 1.19. The van der Waals surface area contributed by atoms with Gasteiger partial charge in [0.2, 0.25) is 0 Å². The zero-order valence-corrected chi connectivity index (χ0v) is 24.7. The molecular weight excluding hydrogens is 569 g/mol. The summed E-state index contributed by atoms with van der Waals surface area (Å²) >= 11 is 1.83. The number of nitrogens with zero attached hydrogens (tertiary/aromatic N) is 4. The van der Waals surface area contributed by atoms with Gasteiger partial charge in [-0.15, -0.1) is 11.3 Å². The molecule has 0 aliphatic heterocycles. The molecule has 0 atom stereocenters. The molecule has 5 heterocycles. The molecule has 0 aliphatic rings. The van der Waals surface area contributed by atoms with E-state index in [1.54, 1.807) is 0 Å². The van der Waals surface area contributed by atoms with Gasteiger partial charge in [0, 0.05) is 54.3 Å². The minimum absolute atomic E-state index is 0.987. The topological polar surface area (TPSA) is 35.1 Å². The summed E-state index contributed by atoms with van der Waals surface area (Å²) in [6.07, 6.45) is 2.08. The highest BCUT2D eigenvalue weighted by Crippen LogP contribution is 2.42. The van der Waals surface area contributed by atoms with Gasteiger partial charge in [-0.3, -0.25) is 9.38 Å². The fraction of sp³-hybridized carbons (Fsp3) is 0. The lowest BCUT2D eigenvalue weighted by Gasteiger charge is -2.13. The number of hydrogen-bond donors (Lipinski definition) is 0. The molecule has 45 heavy (non-hydrogen) atoms. The Labute approximate surface area is 260 Å². The molecule has 5 heteroatoms. The Morgan fingerprint density at radius 2 is 1.20 bits per heavy atom. The van der Waals surface area contributed by atoms with Gasteiger partial charge in [0.15, 0.2) is 0 Å². The minimum Gasteiger partial charge on any atom is -0.308 e. The van der Waals surface area contributed by atoms with Crippen LogP contribution in [-0.2, 0) is 0 Å². The van der Waals surface area contributed by atoms with Crippen LogP contribution in [-0.4, -0.2) is 18.9 Å². The summed E-state index contributed by atoms with van der Waals surface area (Å²) in [5.74, 6) is 0. The monoisotopic (exact) mass is 590 g/mol. The predicted molar refractivity (Wildman–Crippen MR) is 190 cm³/mol. The van der Waals surface area contributed by atoms with Crippen molar-refractivity contribution in [1.29, 1.82) is 0 Å². The van der Waals surface area contributed by atoms with Crippen LogP contribution in [0.3, 0.4) is 0 Å². The molecule has 0 bridgehead atoms. The highest BCUT2D eigenvalue weighted by molar-refractivity contribution is 7.26. The fourth-order valence-corrected chi connectivity index (χ4v) is 8.79. The van der Waals surface area contributed by atoms with E-state index in [2.05, 4.69) is 143 Å². The number of thiophene rings is 1. The zero-order valence-electron chi connectivity index (χ0n) is 23.9. The molecule has 208 valence electrons. The first-order valence-corrected chi connectivity index (χ1v) is 16.0. The Kier molecular flexibility index (Phi) is 4.43. The standard InChI is InChI=1S/C40H22N4S/c1-6-14-34-24(9-1)30-21-23(17-18-28(30)40-42-32-12-4-7-15-35(32)44(34)40)43-33-13-5-2-10-25(33)31-22-41-37-29(38(31)43)20-19-27-26-11-3-8-16-36(26)45-39(27)37/h1-22H. The molecule has 11 rings (SSSR count). The van der Waals surface area contributed by atoms with Crippen LogP contribution in [0.1, 0.15) is 0 Å². The van der Waals surface area contributed by atoms with Crippen molar-refractivity contribution in [3.05, 3.63) is 134 Å². The van der Waals surface area contributed by atoms with E-state index in [9.17, 15) is 0 Å². The zero-order chi connectivity index (χ0) is 29.2. The van der Waals surface area contributed by atoms with E-state index < -0.39 is 0 Å². The average molecular weight is 591 g/mol. The van der Waals surface area contributed by atoms with Crippen LogP contribution < -0.4 is 0 Å². The van der Waals surface area contributed by atoms with Crippen LogP contribution in [0.2, 0.25) is 0 Å². The Morgan fingerprint density at radius 3 is 2.09 bits per heavy atom. The third-order valence-corrected chi connectivity index (χ3v) is 10.7. The minimum atomic E-state index is 0.987. The number of pyridine rings is 2. The maximum atomic E-state index is 5.12. The first-order chi connectivity index (χ1) is 22.3. The van der Waals surface area contributed by atoms with Crippen molar-refractivity contribution in [2.75, 3.05) is 0 Å². The number of hydrogen-bond acceptors (Lipinski definition) is 3. The molecule has 0 saturated heterocycles. The van der Waals surface area contributed by atoms with Gasteiger partial charge in [0.25, 0.3) is 0 Å². The second-order valence-corrected chi connectivity index (χ2v) is 12.9. The van der Waals surface area contributed by atoms with Crippen LogP contribution in [0.15, 0.2) is 134 Å². The van der Waals surface area contributed by atoms with Crippen molar-refractivity contribution in [1.82, 2.24) is 18.9 Å². The fourth-order valence-electron chi connectivity index (χ4n) is 7.59. The van der Waals surface area contributed by atoms with Crippen molar-refractivity contribution < 1.29 is 0 Å². The van der Waals surface area contributed by atoms with E-state index in [4.69, 9.17) is 9.97 Å². The molecule has 11 aromatic rings. The van der Waals surface area contributed by atoms with Gasteiger partial charge in [-0.1, -0.05) is 72.8 Å². The summed E-state index contributed by atoms with van der Waals surface area (Å²) in [4.78, 5) is 10.2. The van der Waals surface area contributed by atoms with Crippen LogP contribution in [0.5, 0.6) is 0 Å². The second kappa shape index (κ2) is 8.44. The molecule has 4 nitrogen and oxygen atoms in total. The molecule has 0 N–H and O–H groups in total. The van der Waals surface area contributed by atoms with Crippen molar-refractivity contribution >= 4 is 103 Å². The summed E-state index contributed by atoms with van der Waals surface area (Å²) in [7, 11) is 0. The third kappa shape index (κ3) is 3.00. The molecular formula is C40H22N4S. The number of fused-ring (bicyclic) bond motifs is 17. The Balaban J connectivity index is 1.29. The van der Waals surface area contributed by atoms with Crippen LogP contribution in [0, 0.1) is 0 Å². The van der Waals surface area contributed by atoms with Crippen LogP contribution in [0.4, 0.5) is 0 Å². The van der Waals surface area contributed by atoms with Crippen LogP contribution in [0.25, 0.3) is 96.9 Å². The van der Waals surface area contributed by atoms with Gasteiger partial charge in [-0.25, -0.2) is 4.98 Å². The van der Waals surface area contributed by atoms with Crippen molar-refractivity contribution in [2.24, 2.45) is 0 Å². The Morgan fingerprint density at radius 1 is 0.511 bits per heavy atom. The summed E-state index contributed by atoms with van der Waals surface area (Å²) < 4.78 is 7.28.